The normalized spacial score (nSPS) is 20.3. The maximum atomic E-state index is 14.0. The van der Waals surface area contributed by atoms with Gasteiger partial charge in [0.25, 0.3) is 0 Å². The molecule has 0 radical (unpaired) electrons. The van der Waals surface area contributed by atoms with Crippen LogP contribution in [0.5, 0.6) is 0 Å². The topological polar surface area (TPSA) is 76.3 Å². The van der Waals surface area contributed by atoms with E-state index in [9.17, 15) is 12.8 Å². The highest BCUT2D eigenvalue weighted by Crippen LogP contribution is 2.34. The number of nitrogens with zero attached hydrogens (tertiary/aromatic N) is 3. The van der Waals surface area contributed by atoms with Crippen LogP contribution in [0.15, 0.2) is 33.6 Å². The third-order valence-corrected chi connectivity index (χ3v) is 5.90. The van der Waals surface area contributed by atoms with E-state index in [4.69, 9.17) is 4.42 Å². The Bertz CT molecular complexity index is 791. The van der Waals surface area contributed by atoms with Gasteiger partial charge < -0.3 is 4.42 Å². The molecule has 6 nitrogen and oxygen atoms in total. The molecule has 23 heavy (non-hydrogen) atoms. The first kappa shape index (κ1) is 16.1. The summed E-state index contributed by atoms with van der Waals surface area (Å²) < 4.78 is 46.7. The molecule has 2 heterocycles. The molecule has 0 amide bonds. The second-order valence-corrected chi connectivity index (χ2v) is 7.43. The van der Waals surface area contributed by atoms with Crippen molar-refractivity contribution in [2.75, 3.05) is 6.54 Å². The first-order valence-corrected chi connectivity index (χ1v) is 9.00. The van der Waals surface area contributed by atoms with E-state index in [1.165, 1.54) is 22.5 Å². The second kappa shape index (κ2) is 6.37. The van der Waals surface area contributed by atoms with Crippen LogP contribution in [-0.4, -0.2) is 29.5 Å². The smallest absolute Gasteiger partial charge is 0.246 e. The molecule has 124 valence electrons. The zero-order valence-electron chi connectivity index (χ0n) is 12.8. The Morgan fingerprint density at radius 3 is 2.70 bits per heavy atom. The molecule has 8 heteroatoms. The molecule has 1 aliphatic rings. The fourth-order valence-corrected chi connectivity index (χ4v) is 4.56. The minimum atomic E-state index is -3.97. The van der Waals surface area contributed by atoms with Crippen molar-refractivity contribution in [3.63, 3.8) is 0 Å². The van der Waals surface area contributed by atoms with E-state index in [-0.39, 0.29) is 10.8 Å². The van der Waals surface area contributed by atoms with Crippen molar-refractivity contribution >= 4 is 10.0 Å². The molecule has 3 rings (SSSR count). The van der Waals surface area contributed by atoms with Crippen molar-refractivity contribution < 1.29 is 17.2 Å². The van der Waals surface area contributed by atoms with Crippen LogP contribution in [0, 0.1) is 12.7 Å². The van der Waals surface area contributed by atoms with Crippen molar-refractivity contribution in [3.8, 4) is 0 Å². The largest absolute Gasteiger partial charge is 0.424 e. The number of benzene rings is 1. The van der Waals surface area contributed by atoms with Crippen LogP contribution in [0.3, 0.4) is 0 Å². The summed E-state index contributed by atoms with van der Waals surface area (Å²) in [6.45, 7) is 1.96. The van der Waals surface area contributed by atoms with Crippen LogP contribution >= 0.6 is 0 Å². The van der Waals surface area contributed by atoms with Gasteiger partial charge in [-0.25, -0.2) is 12.8 Å². The van der Waals surface area contributed by atoms with Crippen molar-refractivity contribution in [3.05, 3.63) is 41.9 Å². The summed E-state index contributed by atoms with van der Waals surface area (Å²) in [6, 6.07) is 4.86. The van der Waals surface area contributed by atoms with Gasteiger partial charge in [0, 0.05) is 13.5 Å². The molecular weight excluding hydrogens is 321 g/mol. The average Bonchev–Trinajstić information content (AvgIpc) is 2.80. The highest BCUT2D eigenvalue weighted by atomic mass is 32.2. The average molecular weight is 339 g/mol. The number of aryl methyl sites for hydroxylation is 1. The predicted molar refractivity (Wildman–Crippen MR) is 80.5 cm³/mol. The van der Waals surface area contributed by atoms with Crippen molar-refractivity contribution in [1.82, 2.24) is 14.5 Å². The fraction of sp³-hybridized carbons (Fsp3) is 0.467. The number of hydrogen-bond acceptors (Lipinski definition) is 5. The predicted octanol–water partition coefficient (Wildman–Crippen LogP) is 2.82. The molecule has 1 aromatic heterocycles. The van der Waals surface area contributed by atoms with Crippen LogP contribution in [0.4, 0.5) is 4.39 Å². The van der Waals surface area contributed by atoms with Gasteiger partial charge in [0.05, 0.1) is 0 Å². The zero-order valence-corrected chi connectivity index (χ0v) is 13.6. The highest BCUT2D eigenvalue weighted by molar-refractivity contribution is 7.89. The van der Waals surface area contributed by atoms with Gasteiger partial charge >= 0.3 is 0 Å². The standard InChI is InChI=1S/C15H18FN3O3S/c1-11-17-18-15(22-11)13-8-3-2-6-10-19(13)23(20,21)14-9-5-4-7-12(14)16/h4-5,7,9,13H,2-3,6,8,10H2,1H3. The lowest BCUT2D eigenvalue weighted by Crippen LogP contribution is -2.35. The Morgan fingerprint density at radius 1 is 1.22 bits per heavy atom. The van der Waals surface area contributed by atoms with Crippen molar-refractivity contribution in [2.45, 2.75) is 43.5 Å². The molecule has 1 unspecified atom stereocenters. The first-order chi connectivity index (χ1) is 11.0. The molecule has 2 aromatic rings. The minimum absolute atomic E-state index is 0.268. The molecule has 0 aliphatic carbocycles. The third kappa shape index (κ3) is 3.13. The van der Waals surface area contributed by atoms with Gasteiger partial charge in [0.15, 0.2) is 0 Å². The summed E-state index contributed by atoms with van der Waals surface area (Å²) >= 11 is 0. The van der Waals surface area contributed by atoms with Crippen LogP contribution in [0.25, 0.3) is 0 Å². The van der Waals surface area contributed by atoms with Gasteiger partial charge in [-0.3, -0.25) is 0 Å². The van der Waals surface area contributed by atoms with E-state index in [1.807, 2.05) is 0 Å². The molecular formula is C15H18FN3O3S. The molecule has 1 aliphatic heterocycles. The van der Waals surface area contributed by atoms with Crippen LogP contribution in [0.2, 0.25) is 0 Å². The van der Waals surface area contributed by atoms with Gasteiger partial charge in [-0.2, -0.15) is 4.31 Å². The molecule has 1 atom stereocenters. The maximum Gasteiger partial charge on any atom is 0.246 e. The van der Waals surface area contributed by atoms with E-state index in [0.29, 0.717) is 18.9 Å². The Morgan fingerprint density at radius 2 is 2.00 bits per heavy atom. The minimum Gasteiger partial charge on any atom is -0.424 e. The molecule has 0 bridgehead atoms. The first-order valence-electron chi connectivity index (χ1n) is 7.56. The monoisotopic (exact) mass is 339 g/mol. The second-order valence-electron chi connectivity index (χ2n) is 5.57. The SMILES string of the molecule is Cc1nnc(C2CCCCCN2S(=O)(=O)c2ccccc2F)o1. The van der Waals surface area contributed by atoms with Crippen LogP contribution in [-0.2, 0) is 10.0 Å². The molecule has 0 saturated carbocycles. The summed E-state index contributed by atoms with van der Waals surface area (Å²) in [5.41, 5.74) is 0. The Kier molecular flexibility index (Phi) is 4.45. The quantitative estimate of drug-likeness (QED) is 0.859. The number of halogens is 1. The van der Waals surface area contributed by atoms with E-state index >= 15 is 0 Å². The zero-order chi connectivity index (χ0) is 16.4. The number of aromatic nitrogens is 2. The van der Waals surface area contributed by atoms with Gasteiger partial charge in [-0.05, 0) is 25.0 Å². The lowest BCUT2D eigenvalue weighted by atomic mass is 10.1. The molecule has 1 saturated heterocycles. The maximum absolute atomic E-state index is 14.0. The Labute approximate surface area is 134 Å². The van der Waals surface area contributed by atoms with Crippen LogP contribution in [0.1, 0.15) is 43.5 Å². The number of rotatable bonds is 3. The summed E-state index contributed by atoms with van der Waals surface area (Å²) in [6.07, 6.45) is 3.06. The van der Waals surface area contributed by atoms with Crippen molar-refractivity contribution in [2.24, 2.45) is 0 Å². The van der Waals surface area contributed by atoms with Crippen molar-refractivity contribution in [1.29, 1.82) is 0 Å². The molecule has 0 N–H and O–H groups in total. The number of sulfonamides is 1. The Hall–Kier alpha value is -1.80. The van der Waals surface area contributed by atoms with Gasteiger partial charge in [-0.1, -0.05) is 25.0 Å². The summed E-state index contributed by atoms with van der Waals surface area (Å²) in [4.78, 5) is -0.317. The fourth-order valence-electron chi connectivity index (χ4n) is 2.84. The van der Waals surface area contributed by atoms with E-state index in [0.717, 1.165) is 25.3 Å². The lowest BCUT2D eigenvalue weighted by molar-refractivity contribution is 0.272. The summed E-state index contributed by atoms with van der Waals surface area (Å²) in [5, 5.41) is 7.76. The van der Waals surface area contributed by atoms with E-state index in [1.54, 1.807) is 6.92 Å². The summed E-state index contributed by atoms with van der Waals surface area (Å²) in [7, 11) is -3.97. The third-order valence-electron chi connectivity index (χ3n) is 3.95. The Balaban J connectivity index is 2.04. The van der Waals surface area contributed by atoms with Gasteiger partial charge in [0.1, 0.15) is 16.8 Å². The van der Waals surface area contributed by atoms with Gasteiger partial charge in [0.2, 0.25) is 21.8 Å². The number of hydrogen-bond donors (Lipinski definition) is 0. The van der Waals surface area contributed by atoms with Crippen LogP contribution < -0.4 is 0 Å². The van der Waals surface area contributed by atoms with E-state index < -0.39 is 21.9 Å². The summed E-state index contributed by atoms with van der Waals surface area (Å²) in [5.74, 6) is -0.103. The lowest BCUT2D eigenvalue weighted by Gasteiger charge is -2.26. The molecule has 0 spiro atoms. The molecule has 1 fully saturated rings. The highest BCUT2D eigenvalue weighted by Gasteiger charge is 2.37. The molecule has 1 aromatic carbocycles. The van der Waals surface area contributed by atoms with E-state index in [2.05, 4.69) is 10.2 Å². The van der Waals surface area contributed by atoms with Gasteiger partial charge in [-0.15, -0.1) is 10.2 Å².